The molecule has 0 bridgehead atoms. The molecule has 0 saturated heterocycles. The lowest BCUT2D eigenvalue weighted by Crippen LogP contribution is -2.17. The van der Waals surface area contributed by atoms with E-state index < -0.39 is 0 Å². The third kappa shape index (κ3) is 3.40. The number of carbonyl (C=O) groups excluding carboxylic acids is 2. The molecule has 1 amide bonds. The van der Waals surface area contributed by atoms with Gasteiger partial charge in [-0.1, -0.05) is 17.3 Å². The first-order valence-corrected chi connectivity index (χ1v) is 7.39. The van der Waals surface area contributed by atoms with E-state index in [1.54, 1.807) is 54.1 Å². The van der Waals surface area contributed by atoms with Crippen LogP contribution in [-0.2, 0) is 6.54 Å². The van der Waals surface area contributed by atoms with Crippen LogP contribution in [0.1, 0.15) is 39.5 Å². The summed E-state index contributed by atoms with van der Waals surface area (Å²) in [4.78, 5) is 28.1. The molecule has 24 heavy (non-hydrogen) atoms. The van der Waals surface area contributed by atoms with Crippen LogP contribution < -0.4 is 5.32 Å². The molecule has 7 heteroatoms. The fourth-order valence-corrected chi connectivity index (χ4v) is 2.33. The smallest absolute Gasteiger partial charge is 0.272 e. The number of ketones is 1. The van der Waals surface area contributed by atoms with Crippen molar-refractivity contribution in [2.24, 2.45) is 0 Å². The third-order valence-corrected chi connectivity index (χ3v) is 3.47. The van der Waals surface area contributed by atoms with E-state index in [4.69, 9.17) is 4.52 Å². The van der Waals surface area contributed by atoms with Gasteiger partial charge in [0.25, 0.3) is 5.91 Å². The number of anilines is 1. The molecular formula is C17H16N4O3. The quantitative estimate of drug-likeness (QED) is 0.729. The second-order valence-electron chi connectivity index (χ2n) is 5.34. The summed E-state index contributed by atoms with van der Waals surface area (Å²) in [6, 6.07) is 10.3. The molecule has 3 rings (SSSR count). The maximum Gasteiger partial charge on any atom is 0.272 e. The molecule has 0 fully saturated rings. The Morgan fingerprint density at radius 3 is 2.79 bits per heavy atom. The van der Waals surface area contributed by atoms with Crippen molar-refractivity contribution in [2.75, 3.05) is 5.32 Å². The van der Waals surface area contributed by atoms with Crippen molar-refractivity contribution in [3.63, 3.8) is 0 Å². The minimum Gasteiger partial charge on any atom is -0.340 e. The van der Waals surface area contributed by atoms with Gasteiger partial charge >= 0.3 is 0 Å². The number of nitrogens with zero attached hydrogens (tertiary/aromatic N) is 3. The fraction of sp³-hybridized carbons (Fsp3) is 0.176. The number of amides is 1. The Labute approximate surface area is 138 Å². The molecule has 7 nitrogen and oxygen atoms in total. The standard InChI is InChI=1S/C17H16N4O3/c1-11(22)13-5-3-6-14(9-13)19-17(23)15-7-4-8-21(15)10-16-18-12(2)24-20-16/h3-9H,10H2,1-2H3,(H,19,23). The SMILES string of the molecule is CC(=O)c1cccc(NC(=O)c2cccn2Cc2noc(C)n2)c1. The Morgan fingerprint density at radius 2 is 2.08 bits per heavy atom. The van der Waals surface area contributed by atoms with Crippen molar-refractivity contribution in [1.29, 1.82) is 0 Å². The molecule has 0 spiro atoms. The molecule has 3 aromatic rings. The Kier molecular flexibility index (Phi) is 4.24. The van der Waals surface area contributed by atoms with Crippen molar-refractivity contribution in [1.82, 2.24) is 14.7 Å². The van der Waals surface area contributed by atoms with Crippen LogP contribution in [0.3, 0.4) is 0 Å². The molecule has 0 saturated carbocycles. The van der Waals surface area contributed by atoms with Gasteiger partial charge in [0.2, 0.25) is 5.89 Å². The number of aryl methyl sites for hydroxylation is 1. The lowest BCUT2D eigenvalue weighted by molar-refractivity contribution is 0.100. The lowest BCUT2D eigenvalue weighted by Gasteiger charge is -2.09. The normalized spacial score (nSPS) is 10.6. The van der Waals surface area contributed by atoms with Crippen molar-refractivity contribution >= 4 is 17.4 Å². The molecule has 0 atom stereocenters. The van der Waals surface area contributed by atoms with Gasteiger partial charge in [0.05, 0.1) is 6.54 Å². The average Bonchev–Trinajstić information content (AvgIpc) is 3.17. The highest BCUT2D eigenvalue weighted by molar-refractivity contribution is 6.04. The van der Waals surface area contributed by atoms with Gasteiger partial charge in [0, 0.05) is 24.4 Å². The van der Waals surface area contributed by atoms with E-state index in [1.807, 2.05) is 0 Å². The maximum atomic E-state index is 12.5. The Balaban J connectivity index is 1.77. The van der Waals surface area contributed by atoms with Gasteiger partial charge in [-0.2, -0.15) is 4.98 Å². The van der Waals surface area contributed by atoms with Gasteiger partial charge in [-0.3, -0.25) is 9.59 Å². The summed E-state index contributed by atoms with van der Waals surface area (Å²) in [5.41, 5.74) is 1.58. The molecule has 1 aromatic carbocycles. The van der Waals surface area contributed by atoms with Crippen LogP contribution >= 0.6 is 0 Å². The van der Waals surface area contributed by atoms with Crippen molar-refractivity contribution in [3.05, 3.63) is 65.6 Å². The van der Waals surface area contributed by atoms with Crippen LogP contribution in [0.2, 0.25) is 0 Å². The van der Waals surface area contributed by atoms with Crippen LogP contribution in [0.4, 0.5) is 5.69 Å². The van der Waals surface area contributed by atoms with Crippen molar-refractivity contribution < 1.29 is 14.1 Å². The van der Waals surface area contributed by atoms with Crippen LogP contribution in [0.15, 0.2) is 47.1 Å². The Hall–Kier alpha value is -3.22. The van der Waals surface area contributed by atoms with Gasteiger partial charge in [0.1, 0.15) is 5.69 Å². The molecule has 2 aromatic heterocycles. The van der Waals surface area contributed by atoms with Gasteiger partial charge < -0.3 is 14.4 Å². The summed E-state index contributed by atoms with van der Waals surface area (Å²) in [6.07, 6.45) is 1.77. The van der Waals surface area contributed by atoms with Crippen LogP contribution in [0.5, 0.6) is 0 Å². The monoisotopic (exact) mass is 324 g/mol. The summed E-state index contributed by atoms with van der Waals surface area (Å²) >= 11 is 0. The van der Waals surface area contributed by atoms with E-state index >= 15 is 0 Å². The number of aromatic nitrogens is 3. The minimum atomic E-state index is -0.277. The highest BCUT2D eigenvalue weighted by Gasteiger charge is 2.13. The Morgan fingerprint density at radius 1 is 1.25 bits per heavy atom. The summed E-state index contributed by atoms with van der Waals surface area (Å²) in [6.45, 7) is 3.53. The molecular weight excluding hydrogens is 308 g/mol. The van der Waals surface area contributed by atoms with E-state index in [-0.39, 0.29) is 11.7 Å². The predicted octanol–water partition coefficient (Wildman–Crippen LogP) is 2.68. The number of hydrogen-bond acceptors (Lipinski definition) is 5. The number of hydrogen-bond donors (Lipinski definition) is 1. The predicted molar refractivity (Wildman–Crippen MR) is 87.0 cm³/mol. The zero-order valence-electron chi connectivity index (χ0n) is 13.3. The van der Waals surface area contributed by atoms with Crippen molar-refractivity contribution in [2.45, 2.75) is 20.4 Å². The molecule has 0 aliphatic rings. The molecule has 0 aliphatic heterocycles. The van der Waals surface area contributed by atoms with E-state index in [0.717, 1.165) is 0 Å². The van der Waals surface area contributed by atoms with Crippen LogP contribution in [0, 0.1) is 6.92 Å². The van der Waals surface area contributed by atoms with Gasteiger partial charge in [-0.15, -0.1) is 0 Å². The average molecular weight is 324 g/mol. The third-order valence-electron chi connectivity index (χ3n) is 3.47. The van der Waals surface area contributed by atoms with Crippen LogP contribution in [-0.4, -0.2) is 26.4 Å². The number of carbonyl (C=O) groups is 2. The zero-order chi connectivity index (χ0) is 17.1. The maximum absolute atomic E-state index is 12.5. The number of benzene rings is 1. The summed E-state index contributed by atoms with van der Waals surface area (Å²) in [5, 5.41) is 6.62. The first-order valence-electron chi connectivity index (χ1n) is 7.39. The van der Waals surface area contributed by atoms with Crippen molar-refractivity contribution in [3.8, 4) is 0 Å². The molecule has 122 valence electrons. The second-order valence-corrected chi connectivity index (χ2v) is 5.34. The summed E-state index contributed by atoms with van der Waals surface area (Å²) in [5.74, 6) is 0.642. The van der Waals surface area contributed by atoms with Crippen LogP contribution in [0.25, 0.3) is 0 Å². The molecule has 0 unspecified atom stereocenters. The largest absolute Gasteiger partial charge is 0.340 e. The van der Waals surface area contributed by atoms with Gasteiger partial charge in [0.15, 0.2) is 11.6 Å². The van der Waals surface area contributed by atoms with Gasteiger partial charge in [-0.05, 0) is 31.2 Å². The first-order chi connectivity index (χ1) is 11.5. The second kappa shape index (κ2) is 6.49. The summed E-state index contributed by atoms with van der Waals surface area (Å²) < 4.78 is 6.67. The topological polar surface area (TPSA) is 90.0 Å². The highest BCUT2D eigenvalue weighted by atomic mass is 16.5. The lowest BCUT2D eigenvalue weighted by atomic mass is 10.1. The number of nitrogens with one attached hydrogen (secondary N) is 1. The van der Waals surface area contributed by atoms with E-state index in [9.17, 15) is 9.59 Å². The molecule has 1 N–H and O–H groups in total. The van der Waals surface area contributed by atoms with Gasteiger partial charge in [-0.25, -0.2) is 0 Å². The molecule has 0 radical (unpaired) electrons. The number of Topliss-reactive ketones (excluding diaryl/α,β-unsaturated/α-hetero) is 1. The fourth-order valence-electron chi connectivity index (χ4n) is 2.33. The van der Waals surface area contributed by atoms with E-state index in [0.29, 0.717) is 35.2 Å². The van der Waals surface area contributed by atoms with E-state index in [1.165, 1.54) is 6.92 Å². The molecule has 0 aliphatic carbocycles. The Bertz CT molecular complexity index is 895. The summed E-state index contributed by atoms with van der Waals surface area (Å²) in [7, 11) is 0. The van der Waals surface area contributed by atoms with E-state index in [2.05, 4.69) is 15.5 Å². The number of rotatable bonds is 5. The molecule has 2 heterocycles. The minimum absolute atomic E-state index is 0.0537. The highest BCUT2D eigenvalue weighted by Crippen LogP contribution is 2.14. The zero-order valence-corrected chi connectivity index (χ0v) is 13.3. The first kappa shape index (κ1) is 15.7.